The van der Waals surface area contributed by atoms with Gasteiger partial charge in [-0.05, 0) is 30.7 Å². The third-order valence-electron chi connectivity index (χ3n) is 2.77. The van der Waals surface area contributed by atoms with Crippen LogP contribution in [0.5, 0.6) is 0 Å². The van der Waals surface area contributed by atoms with Crippen molar-refractivity contribution in [3.63, 3.8) is 0 Å². The Bertz CT molecular complexity index is 522. The van der Waals surface area contributed by atoms with E-state index >= 15 is 0 Å². The van der Waals surface area contributed by atoms with E-state index < -0.39 is 21.8 Å². The van der Waals surface area contributed by atoms with Crippen LogP contribution in [-0.2, 0) is 14.6 Å². The Morgan fingerprint density at radius 1 is 1.32 bits per heavy atom. The molecule has 0 fully saturated rings. The number of hydrogen-bond donors (Lipinski definition) is 2. The Kier molecular flexibility index (Phi) is 5.35. The number of unbranched alkanes of at least 4 members (excludes halogenated alkanes) is 1. The predicted molar refractivity (Wildman–Crippen MR) is 74.1 cm³/mol. The van der Waals surface area contributed by atoms with E-state index in [1.54, 1.807) is 12.1 Å². The molecule has 0 aromatic heterocycles. The minimum absolute atomic E-state index is 0.221. The summed E-state index contributed by atoms with van der Waals surface area (Å²) in [5.74, 6) is -0.902. The third kappa shape index (κ3) is 4.90. The van der Waals surface area contributed by atoms with Crippen LogP contribution in [0.25, 0.3) is 0 Å². The van der Waals surface area contributed by atoms with Crippen molar-refractivity contribution in [2.75, 3.05) is 11.6 Å². The van der Waals surface area contributed by atoms with Gasteiger partial charge in [-0.3, -0.25) is 0 Å². The van der Waals surface area contributed by atoms with Gasteiger partial charge in [-0.25, -0.2) is 13.2 Å². The molecule has 2 N–H and O–H groups in total. The Morgan fingerprint density at radius 2 is 1.89 bits per heavy atom. The van der Waals surface area contributed by atoms with Gasteiger partial charge in [0, 0.05) is 11.9 Å². The molecule has 0 aliphatic heterocycles. The van der Waals surface area contributed by atoms with Crippen molar-refractivity contribution in [3.05, 3.63) is 24.3 Å². The molecule has 0 amide bonds. The molecule has 0 radical (unpaired) electrons. The van der Waals surface area contributed by atoms with Crippen molar-refractivity contribution < 1.29 is 18.3 Å². The monoisotopic (exact) mass is 285 g/mol. The molecule has 0 heterocycles. The number of aliphatic carboxylic acids is 1. The molecular weight excluding hydrogens is 266 g/mol. The molecule has 0 saturated heterocycles. The second-order valence-corrected chi connectivity index (χ2v) is 6.49. The molecule has 0 saturated carbocycles. The number of sulfone groups is 1. The maximum Gasteiger partial charge on any atom is 0.326 e. The van der Waals surface area contributed by atoms with Crippen molar-refractivity contribution in [2.24, 2.45) is 0 Å². The van der Waals surface area contributed by atoms with E-state index in [1.165, 1.54) is 12.1 Å². The van der Waals surface area contributed by atoms with Gasteiger partial charge in [0.2, 0.25) is 0 Å². The number of anilines is 1. The largest absolute Gasteiger partial charge is 0.480 e. The fraction of sp³-hybridized carbons (Fsp3) is 0.462. The molecule has 1 atom stereocenters. The van der Waals surface area contributed by atoms with E-state index in [-0.39, 0.29) is 4.90 Å². The number of benzene rings is 1. The first-order chi connectivity index (χ1) is 8.84. The summed E-state index contributed by atoms with van der Waals surface area (Å²) in [7, 11) is -3.22. The van der Waals surface area contributed by atoms with Gasteiger partial charge in [-0.1, -0.05) is 19.8 Å². The van der Waals surface area contributed by atoms with Gasteiger partial charge < -0.3 is 10.4 Å². The fourth-order valence-corrected chi connectivity index (χ4v) is 2.30. The second kappa shape index (κ2) is 6.56. The number of carbonyl (C=O) groups is 1. The highest BCUT2D eigenvalue weighted by Crippen LogP contribution is 2.16. The lowest BCUT2D eigenvalue weighted by Crippen LogP contribution is -2.29. The van der Waals surface area contributed by atoms with Crippen molar-refractivity contribution in [2.45, 2.75) is 37.1 Å². The quantitative estimate of drug-likeness (QED) is 0.802. The fourth-order valence-electron chi connectivity index (χ4n) is 1.67. The molecule has 0 aliphatic rings. The average Bonchev–Trinajstić information content (AvgIpc) is 2.33. The minimum Gasteiger partial charge on any atom is -0.480 e. The Morgan fingerprint density at radius 3 is 2.32 bits per heavy atom. The first-order valence-electron chi connectivity index (χ1n) is 6.14. The minimum atomic E-state index is -3.22. The smallest absolute Gasteiger partial charge is 0.326 e. The maximum absolute atomic E-state index is 11.3. The van der Waals surface area contributed by atoms with Crippen molar-refractivity contribution in [3.8, 4) is 0 Å². The van der Waals surface area contributed by atoms with Crippen LogP contribution in [0.15, 0.2) is 29.2 Å². The highest BCUT2D eigenvalue weighted by atomic mass is 32.2. The standard InChI is InChI=1S/C13H19NO4S/c1-3-4-5-12(13(15)16)14-10-6-8-11(9-7-10)19(2,17)18/h6-9,12,14H,3-5H2,1-2H3,(H,15,16)/t12-/m0/s1. The van der Waals surface area contributed by atoms with Crippen molar-refractivity contribution in [1.82, 2.24) is 0 Å². The number of hydrogen-bond acceptors (Lipinski definition) is 4. The molecule has 0 spiro atoms. The van der Waals surface area contributed by atoms with Gasteiger partial charge in [0.15, 0.2) is 9.84 Å². The van der Waals surface area contributed by atoms with E-state index in [4.69, 9.17) is 5.11 Å². The molecule has 6 heteroatoms. The lowest BCUT2D eigenvalue weighted by atomic mass is 10.1. The van der Waals surface area contributed by atoms with Crippen LogP contribution in [-0.4, -0.2) is 31.8 Å². The van der Waals surface area contributed by atoms with Gasteiger partial charge >= 0.3 is 5.97 Å². The molecule has 0 unspecified atom stereocenters. The zero-order valence-corrected chi connectivity index (χ0v) is 11.9. The van der Waals surface area contributed by atoms with Gasteiger partial charge in [0.1, 0.15) is 6.04 Å². The summed E-state index contributed by atoms with van der Waals surface area (Å²) in [6.07, 6.45) is 3.43. The number of carboxylic acid groups (broad SMARTS) is 1. The molecule has 0 bridgehead atoms. The number of rotatable bonds is 7. The lowest BCUT2D eigenvalue weighted by Gasteiger charge is -2.15. The summed E-state index contributed by atoms with van der Waals surface area (Å²) < 4.78 is 22.6. The summed E-state index contributed by atoms with van der Waals surface area (Å²) in [4.78, 5) is 11.3. The van der Waals surface area contributed by atoms with E-state index in [0.29, 0.717) is 12.1 Å². The molecule has 106 valence electrons. The van der Waals surface area contributed by atoms with E-state index in [9.17, 15) is 13.2 Å². The highest BCUT2D eigenvalue weighted by Gasteiger charge is 2.16. The van der Waals surface area contributed by atoms with Crippen LogP contribution in [0.4, 0.5) is 5.69 Å². The SMILES string of the molecule is CCCC[C@H](Nc1ccc(S(C)(=O)=O)cc1)C(=O)O. The molecule has 1 rings (SSSR count). The summed E-state index contributed by atoms with van der Waals surface area (Å²) in [6, 6.07) is 5.45. The number of nitrogens with one attached hydrogen (secondary N) is 1. The first kappa shape index (κ1) is 15.5. The highest BCUT2D eigenvalue weighted by molar-refractivity contribution is 7.90. The molecule has 5 nitrogen and oxygen atoms in total. The lowest BCUT2D eigenvalue weighted by molar-refractivity contribution is -0.138. The Labute approximate surface area is 113 Å². The van der Waals surface area contributed by atoms with Crippen LogP contribution in [0, 0.1) is 0 Å². The number of carboxylic acids is 1. The first-order valence-corrected chi connectivity index (χ1v) is 8.03. The zero-order chi connectivity index (χ0) is 14.5. The van der Waals surface area contributed by atoms with Crippen molar-refractivity contribution in [1.29, 1.82) is 0 Å². The summed E-state index contributed by atoms with van der Waals surface area (Å²) in [5, 5.41) is 12.0. The zero-order valence-electron chi connectivity index (χ0n) is 11.1. The van der Waals surface area contributed by atoms with Crippen LogP contribution < -0.4 is 5.32 Å². The van der Waals surface area contributed by atoms with E-state index in [1.807, 2.05) is 6.92 Å². The van der Waals surface area contributed by atoms with Crippen LogP contribution in [0.1, 0.15) is 26.2 Å². The van der Waals surface area contributed by atoms with Gasteiger partial charge in [-0.15, -0.1) is 0 Å². The Balaban J connectivity index is 2.78. The third-order valence-corrected chi connectivity index (χ3v) is 3.90. The van der Waals surface area contributed by atoms with E-state index in [0.717, 1.165) is 19.1 Å². The van der Waals surface area contributed by atoms with Crippen LogP contribution in [0.3, 0.4) is 0 Å². The summed E-state index contributed by atoms with van der Waals surface area (Å²) in [6.45, 7) is 2.00. The molecular formula is C13H19NO4S. The normalized spacial score (nSPS) is 12.9. The van der Waals surface area contributed by atoms with Crippen LogP contribution >= 0.6 is 0 Å². The summed E-state index contributed by atoms with van der Waals surface area (Å²) >= 11 is 0. The predicted octanol–water partition coefficient (Wildman–Crippen LogP) is 2.15. The average molecular weight is 285 g/mol. The molecule has 1 aromatic rings. The molecule has 19 heavy (non-hydrogen) atoms. The molecule has 1 aromatic carbocycles. The Hall–Kier alpha value is -1.56. The van der Waals surface area contributed by atoms with Gasteiger partial charge in [0.25, 0.3) is 0 Å². The van der Waals surface area contributed by atoms with Gasteiger partial charge in [0.05, 0.1) is 4.90 Å². The van der Waals surface area contributed by atoms with E-state index in [2.05, 4.69) is 5.32 Å². The maximum atomic E-state index is 11.3. The van der Waals surface area contributed by atoms with Gasteiger partial charge in [-0.2, -0.15) is 0 Å². The van der Waals surface area contributed by atoms with Crippen molar-refractivity contribution >= 4 is 21.5 Å². The summed E-state index contributed by atoms with van der Waals surface area (Å²) in [5.41, 5.74) is 0.607. The molecule has 0 aliphatic carbocycles. The topological polar surface area (TPSA) is 83.5 Å². The second-order valence-electron chi connectivity index (χ2n) is 4.47. The van der Waals surface area contributed by atoms with Crippen LogP contribution in [0.2, 0.25) is 0 Å².